The van der Waals surface area contributed by atoms with Gasteiger partial charge in [0, 0.05) is 16.1 Å². The van der Waals surface area contributed by atoms with E-state index in [1.54, 1.807) is 6.07 Å². The van der Waals surface area contributed by atoms with Gasteiger partial charge in [-0.3, -0.25) is 0 Å². The summed E-state index contributed by atoms with van der Waals surface area (Å²) < 4.78 is 1.11. The van der Waals surface area contributed by atoms with E-state index in [-0.39, 0.29) is 12.0 Å². The Labute approximate surface area is 143 Å². The van der Waals surface area contributed by atoms with Gasteiger partial charge in [0.25, 0.3) is 0 Å². The number of fused-ring (bicyclic) bond motifs is 3. The molecule has 4 rings (SSSR count). The van der Waals surface area contributed by atoms with E-state index in [0.29, 0.717) is 11.5 Å². The van der Waals surface area contributed by atoms with Crippen LogP contribution in [0.5, 0.6) is 0 Å². The van der Waals surface area contributed by atoms with Crippen molar-refractivity contribution in [3.8, 4) is 0 Å². The van der Waals surface area contributed by atoms with E-state index in [2.05, 4.69) is 51.6 Å². The van der Waals surface area contributed by atoms with Crippen molar-refractivity contribution in [1.29, 1.82) is 0 Å². The lowest BCUT2D eigenvalue weighted by atomic mass is 9.76. The van der Waals surface area contributed by atoms with E-state index < -0.39 is 5.97 Å². The van der Waals surface area contributed by atoms with E-state index in [0.717, 1.165) is 22.1 Å². The van der Waals surface area contributed by atoms with Crippen LogP contribution in [0.1, 0.15) is 39.9 Å². The monoisotopic (exact) mass is 369 g/mol. The van der Waals surface area contributed by atoms with Crippen LogP contribution in [-0.2, 0) is 0 Å². The van der Waals surface area contributed by atoms with Gasteiger partial charge in [0.15, 0.2) is 0 Å². The van der Waals surface area contributed by atoms with Crippen LogP contribution < -0.4 is 5.32 Å². The maximum Gasteiger partial charge on any atom is 0.335 e. The van der Waals surface area contributed by atoms with Gasteiger partial charge in [0.1, 0.15) is 0 Å². The minimum absolute atomic E-state index is 0.216. The number of hydrogen-bond acceptors (Lipinski definition) is 2. The summed E-state index contributed by atoms with van der Waals surface area (Å²) in [6, 6.07) is 13.9. The second kappa shape index (κ2) is 5.53. The predicted octanol–water partition coefficient (Wildman–Crippen LogP) is 4.97. The van der Waals surface area contributed by atoms with Gasteiger partial charge in [-0.25, -0.2) is 4.79 Å². The molecule has 0 saturated heterocycles. The number of rotatable bonds is 2. The lowest BCUT2D eigenvalue weighted by Gasteiger charge is -2.38. The van der Waals surface area contributed by atoms with Gasteiger partial charge in [0.05, 0.1) is 11.6 Å². The van der Waals surface area contributed by atoms with Crippen LogP contribution in [0.15, 0.2) is 59.1 Å². The van der Waals surface area contributed by atoms with Crippen LogP contribution in [-0.4, -0.2) is 11.1 Å². The Balaban J connectivity index is 1.81. The second-order valence-corrected chi connectivity index (χ2v) is 6.96. The molecule has 2 N–H and O–H groups in total. The molecule has 2 aromatic rings. The van der Waals surface area contributed by atoms with Gasteiger partial charge in [0.2, 0.25) is 0 Å². The second-order valence-electron chi connectivity index (χ2n) is 6.10. The van der Waals surface area contributed by atoms with E-state index in [9.17, 15) is 9.90 Å². The van der Waals surface area contributed by atoms with Crippen molar-refractivity contribution in [3.05, 3.63) is 75.8 Å². The number of aromatic carboxylic acids is 1. The number of carbonyl (C=O) groups is 1. The molecule has 0 saturated carbocycles. The molecule has 1 aliphatic carbocycles. The van der Waals surface area contributed by atoms with Crippen LogP contribution in [0.4, 0.5) is 5.69 Å². The summed E-state index contributed by atoms with van der Waals surface area (Å²) in [6.07, 6.45) is 5.43. The Morgan fingerprint density at radius 1 is 1.17 bits per heavy atom. The summed E-state index contributed by atoms with van der Waals surface area (Å²) in [5.74, 6) is -0.202. The van der Waals surface area contributed by atoms with E-state index >= 15 is 0 Å². The predicted molar refractivity (Wildman–Crippen MR) is 93.9 cm³/mol. The van der Waals surface area contributed by atoms with Crippen molar-refractivity contribution in [2.75, 3.05) is 5.32 Å². The smallest absolute Gasteiger partial charge is 0.335 e. The molecule has 116 valence electrons. The third-order valence-electron chi connectivity index (χ3n) is 4.85. The highest BCUT2D eigenvalue weighted by molar-refractivity contribution is 9.10. The molecule has 1 heterocycles. The Kier molecular flexibility index (Phi) is 3.49. The molecule has 0 amide bonds. The normalized spacial score (nSPS) is 24.7. The standard InChI is InChI=1S/C19H16BrNO2/c20-16-7-2-1-4-14(16)18-13-6-3-5-12(13)15-10-11(19(22)23)8-9-17(15)21-18/h1-5,7-10,12-13,18,21H,6H2,(H,22,23)/t12-,13-,18-/m1/s1. The number of allylic oxidation sites excluding steroid dienone is 2. The highest BCUT2D eigenvalue weighted by Gasteiger charge is 2.38. The van der Waals surface area contributed by atoms with Crippen molar-refractivity contribution in [2.45, 2.75) is 18.4 Å². The largest absolute Gasteiger partial charge is 0.478 e. The first kappa shape index (κ1) is 14.5. The number of benzene rings is 2. The molecule has 4 heteroatoms. The topological polar surface area (TPSA) is 49.3 Å². The molecule has 2 aliphatic rings. The number of carboxylic acids is 1. The summed E-state index contributed by atoms with van der Waals surface area (Å²) in [6.45, 7) is 0. The lowest BCUT2D eigenvalue weighted by Crippen LogP contribution is -2.29. The molecule has 3 atom stereocenters. The number of anilines is 1. The van der Waals surface area contributed by atoms with Crippen molar-refractivity contribution < 1.29 is 9.90 Å². The molecule has 0 fully saturated rings. The van der Waals surface area contributed by atoms with Gasteiger partial charge < -0.3 is 10.4 Å². The maximum absolute atomic E-state index is 11.3. The van der Waals surface area contributed by atoms with Crippen molar-refractivity contribution in [3.63, 3.8) is 0 Å². The summed E-state index contributed by atoms with van der Waals surface area (Å²) in [4.78, 5) is 11.3. The van der Waals surface area contributed by atoms with E-state index in [4.69, 9.17) is 0 Å². The molecule has 0 spiro atoms. The molecule has 0 radical (unpaired) electrons. The Morgan fingerprint density at radius 2 is 2.00 bits per heavy atom. The van der Waals surface area contributed by atoms with Gasteiger partial charge in [-0.15, -0.1) is 0 Å². The first-order valence-electron chi connectivity index (χ1n) is 7.70. The Hall–Kier alpha value is -2.07. The number of carboxylic acid groups (broad SMARTS) is 1. The molecule has 1 aliphatic heterocycles. The third-order valence-corrected chi connectivity index (χ3v) is 5.57. The summed E-state index contributed by atoms with van der Waals surface area (Å²) in [5, 5.41) is 12.9. The Bertz CT molecular complexity index is 815. The molecule has 3 nitrogen and oxygen atoms in total. The lowest BCUT2D eigenvalue weighted by molar-refractivity contribution is 0.0696. The van der Waals surface area contributed by atoms with Gasteiger partial charge >= 0.3 is 5.97 Å². The van der Waals surface area contributed by atoms with E-state index in [1.807, 2.05) is 18.2 Å². The van der Waals surface area contributed by atoms with Crippen molar-refractivity contribution in [2.24, 2.45) is 5.92 Å². The minimum atomic E-state index is -0.876. The molecule has 23 heavy (non-hydrogen) atoms. The average molecular weight is 370 g/mol. The molecule has 0 aromatic heterocycles. The molecular weight excluding hydrogens is 354 g/mol. The third kappa shape index (κ3) is 2.38. The molecule has 2 aromatic carbocycles. The first-order valence-corrected chi connectivity index (χ1v) is 8.49. The zero-order chi connectivity index (χ0) is 16.0. The maximum atomic E-state index is 11.3. The number of hydrogen-bond donors (Lipinski definition) is 2. The van der Waals surface area contributed by atoms with Crippen molar-refractivity contribution in [1.82, 2.24) is 0 Å². The minimum Gasteiger partial charge on any atom is -0.478 e. The number of nitrogens with one attached hydrogen (secondary N) is 1. The molecule has 0 unspecified atom stereocenters. The molecular formula is C19H16BrNO2. The fourth-order valence-electron chi connectivity index (χ4n) is 3.76. The van der Waals surface area contributed by atoms with Gasteiger partial charge in [-0.1, -0.05) is 46.3 Å². The zero-order valence-corrected chi connectivity index (χ0v) is 14.0. The molecule has 0 bridgehead atoms. The van der Waals surface area contributed by atoms with Crippen LogP contribution in [0.25, 0.3) is 0 Å². The number of halogens is 1. The average Bonchev–Trinajstić information content (AvgIpc) is 3.04. The SMILES string of the molecule is O=C(O)c1ccc2c(c1)[C@@H]1C=CC[C@H]1[C@H](c1ccccc1Br)N2. The van der Waals surface area contributed by atoms with Crippen LogP contribution in [0, 0.1) is 5.92 Å². The summed E-state index contributed by atoms with van der Waals surface area (Å²) in [5.41, 5.74) is 3.72. The fourth-order valence-corrected chi connectivity index (χ4v) is 4.29. The van der Waals surface area contributed by atoms with Crippen LogP contribution in [0.3, 0.4) is 0 Å². The van der Waals surface area contributed by atoms with E-state index in [1.165, 1.54) is 5.56 Å². The van der Waals surface area contributed by atoms with Gasteiger partial charge in [-0.05, 0) is 47.7 Å². The van der Waals surface area contributed by atoms with Gasteiger partial charge in [-0.2, -0.15) is 0 Å². The summed E-state index contributed by atoms with van der Waals surface area (Å²) >= 11 is 3.66. The fraction of sp³-hybridized carbons (Fsp3) is 0.211. The zero-order valence-electron chi connectivity index (χ0n) is 12.4. The van der Waals surface area contributed by atoms with Crippen LogP contribution in [0.2, 0.25) is 0 Å². The van der Waals surface area contributed by atoms with Crippen molar-refractivity contribution >= 4 is 27.6 Å². The van der Waals surface area contributed by atoms with Crippen LogP contribution >= 0.6 is 15.9 Å². The highest BCUT2D eigenvalue weighted by Crippen LogP contribution is 2.50. The summed E-state index contributed by atoms with van der Waals surface area (Å²) in [7, 11) is 0. The Morgan fingerprint density at radius 3 is 2.78 bits per heavy atom. The highest BCUT2D eigenvalue weighted by atomic mass is 79.9. The quantitative estimate of drug-likeness (QED) is 0.734. The first-order chi connectivity index (χ1) is 11.1.